The molecule has 0 aliphatic rings. The highest BCUT2D eigenvalue weighted by Crippen LogP contribution is 1.97. The van der Waals surface area contributed by atoms with Crippen molar-refractivity contribution in [1.82, 2.24) is 4.90 Å². The van der Waals surface area contributed by atoms with Gasteiger partial charge in [0.15, 0.2) is 0 Å². The van der Waals surface area contributed by atoms with Crippen LogP contribution >= 0.6 is 0 Å². The van der Waals surface area contributed by atoms with Gasteiger partial charge in [0.05, 0.1) is 12.6 Å². The van der Waals surface area contributed by atoms with Gasteiger partial charge in [-0.05, 0) is 26.9 Å². The molecule has 3 nitrogen and oxygen atoms in total. The molecule has 0 saturated heterocycles. The summed E-state index contributed by atoms with van der Waals surface area (Å²) in [5.74, 6) is 0. The number of hydrogen-bond acceptors (Lipinski definition) is 3. The Morgan fingerprint density at radius 2 is 1.77 bits per heavy atom. The molecule has 0 saturated carbocycles. The summed E-state index contributed by atoms with van der Waals surface area (Å²) in [5.41, 5.74) is 0. The standard InChI is InChI=1S/C10H21N3/c1-5-11-9-12-8-10(4)13(6-2)7-3/h10H,5-8H2,1-4H3. The van der Waals surface area contributed by atoms with Crippen molar-refractivity contribution in [3.8, 4) is 0 Å². The van der Waals surface area contributed by atoms with Crippen molar-refractivity contribution >= 4 is 6.01 Å². The Hall–Kier alpha value is -0.660. The van der Waals surface area contributed by atoms with Gasteiger partial charge in [-0.1, -0.05) is 13.8 Å². The van der Waals surface area contributed by atoms with Crippen LogP contribution in [0, 0.1) is 0 Å². The first-order chi connectivity index (χ1) is 6.26. The van der Waals surface area contributed by atoms with E-state index in [0.29, 0.717) is 6.04 Å². The Labute approximate surface area is 81.6 Å². The fourth-order valence-corrected chi connectivity index (χ4v) is 1.26. The van der Waals surface area contributed by atoms with Gasteiger partial charge in [0.2, 0.25) is 0 Å². The minimum atomic E-state index is 0.495. The van der Waals surface area contributed by atoms with E-state index in [9.17, 15) is 0 Å². The molecule has 0 aromatic heterocycles. The summed E-state index contributed by atoms with van der Waals surface area (Å²) in [6.07, 6.45) is 0. The Bertz CT molecular complexity index is 167. The summed E-state index contributed by atoms with van der Waals surface area (Å²) in [6.45, 7) is 12.2. The first-order valence-electron chi connectivity index (χ1n) is 5.08. The highest BCUT2D eigenvalue weighted by atomic mass is 15.1. The lowest BCUT2D eigenvalue weighted by molar-refractivity contribution is 0.237. The Morgan fingerprint density at radius 1 is 1.15 bits per heavy atom. The summed E-state index contributed by atoms with van der Waals surface area (Å²) < 4.78 is 0. The van der Waals surface area contributed by atoms with Crippen LogP contribution in [0.25, 0.3) is 0 Å². The summed E-state index contributed by atoms with van der Waals surface area (Å²) in [6, 6.07) is 3.19. The predicted molar refractivity (Wildman–Crippen MR) is 57.7 cm³/mol. The van der Waals surface area contributed by atoms with E-state index >= 15 is 0 Å². The van der Waals surface area contributed by atoms with Gasteiger partial charge in [-0.25, -0.2) is 9.98 Å². The molecule has 0 heterocycles. The van der Waals surface area contributed by atoms with Crippen molar-refractivity contribution < 1.29 is 0 Å². The number of likely N-dealkylation sites (N-methyl/N-ethyl adjacent to an activating group) is 1. The van der Waals surface area contributed by atoms with Crippen LogP contribution in [0.4, 0.5) is 0 Å². The number of nitrogens with zero attached hydrogens (tertiary/aromatic N) is 3. The van der Waals surface area contributed by atoms with E-state index in [0.717, 1.165) is 26.2 Å². The quantitative estimate of drug-likeness (QED) is 0.578. The van der Waals surface area contributed by atoms with Gasteiger partial charge in [0.25, 0.3) is 0 Å². The zero-order chi connectivity index (χ0) is 10.1. The SMILES string of the molecule is CCN=C=NCC(C)N(CC)CC. The van der Waals surface area contributed by atoms with E-state index in [4.69, 9.17) is 0 Å². The average Bonchev–Trinajstić information content (AvgIpc) is 2.14. The number of aliphatic imine (C=N–C) groups is 2. The lowest BCUT2D eigenvalue weighted by atomic mass is 10.3. The Morgan fingerprint density at radius 3 is 2.23 bits per heavy atom. The molecule has 13 heavy (non-hydrogen) atoms. The van der Waals surface area contributed by atoms with Crippen molar-refractivity contribution in [2.75, 3.05) is 26.2 Å². The zero-order valence-electron chi connectivity index (χ0n) is 9.25. The molecule has 0 radical (unpaired) electrons. The molecule has 0 aliphatic heterocycles. The van der Waals surface area contributed by atoms with Gasteiger partial charge < -0.3 is 0 Å². The first-order valence-corrected chi connectivity index (χ1v) is 5.08. The highest BCUT2D eigenvalue weighted by Gasteiger charge is 2.07. The normalized spacial score (nSPS) is 12.4. The molecule has 0 aromatic rings. The van der Waals surface area contributed by atoms with Crippen LogP contribution in [0.5, 0.6) is 0 Å². The fraction of sp³-hybridized carbons (Fsp3) is 0.900. The van der Waals surface area contributed by atoms with Crippen LogP contribution < -0.4 is 0 Å². The molecule has 3 heteroatoms. The monoisotopic (exact) mass is 183 g/mol. The van der Waals surface area contributed by atoms with Crippen molar-refractivity contribution in [2.45, 2.75) is 33.7 Å². The van der Waals surface area contributed by atoms with E-state index in [1.54, 1.807) is 0 Å². The number of hydrogen-bond donors (Lipinski definition) is 0. The Balaban J connectivity index is 3.84. The van der Waals surface area contributed by atoms with Crippen LogP contribution in [0.15, 0.2) is 9.98 Å². The first kappa shape index (κ1) is 12.3. The maximum atomic E-state index is 4.12. The lowest BCUT2D eigenvalue weighted by Gasteiger charge is -2.24. The number of rotatable bonds is 6. The predicted octanol–water partition coefficient (Wildman–Crippen LogP) is 1.91. The average molecular weight is 183 g/mol. The van der Waals surface area contributed by atoms with Gasteiger partial charge in [0, 0.05) is 12.6 Å². The topological polar surface area (TPSA) is 28.0 Å². The highest BCUT2D eigenvalue weighted by molar-refractivity contribution is 5.40. The third kappa shape index (κ3) is 5.56. The van der Waals surface area contributed by atoms with Gasteiger partial charge in [-0.2, -0.15) is 0 Å². The summed E-state index contributed by atoms with van der Waals surface area (Å²) in [7, 11) is 0. The third-order valence-electron chi connectivity index (χ3n) is 2.09. The minimum Gasteiger partial charge on any atom is -0.299 e. The molecule has 1 atom stereocenters. The van der Waals surface area contributed by atoms with Crippen molar-refractivity contribution in [1.29, 1.82) is 0 Å². The van der Waals surface area contributed by atoms with Crippen molar-refractivity contribution in [3.63, 3.8) is 0 Å². The second-order valence-electron chi connectivity index (χ2n) is 2.99. The van der Waals surface area contributed by atoms with Crippen LogP contribution in [-0.4, -0.2) is 43.1 Å². The summed E-state index contributed by atoms with van der Waals surface area (Å²) >= 11 is 0. The largest absolute Gasteiger partial charge is 0.299 e. The smallest absolute Gasteiger partial charge is 0.0893 e. The molecule has 0 bridgehead atoms. The van der Waals surface area contributed by atoms with Crippen molar-refractivity contribution in [2.24, 2.45) is 9.98 Å². The van der Waals surface area contributed by atoms with Crippen LogP contribution in [0.1, 0.15) is 27.7 Å². The van der Waals surface area contributed by atoms with Crippen LogP contribution in [-0.2, 0) is 0 Å². The molecule has 76 valence electrons. The zero-order valence-corrected chi connectivity index (χ0v) is 9.25. The third-order valence-corrected chi connectivity index (χ3v) is 2.09. The molecule has 1 unspecified atom stereocenters. The van der Waals surface area contributed by atoms with Crippen LogP contribution in [0.2, 0.25) is 0 Å². The van der Waals surface area contributed by atoms with E-state index in [-0.39, 0.29) is 0 Å². The van der Waals surface area contributed by atoms with Gasteiger partial charge in [0.1, 0.15) is 0 Å². The van der Waals surface area contributed by atoms with E-state index in [2.05, 4.69) is 41.7 Å². The van der Waals surface area contributed by atoms with E-state index < -0.39 is 0 Å². The molecule has 0 rings (SSSR count). The molecular formula is C10H21N3. The maximum Gasteiger partial charge on any atom is 0.0893 e. The van der Waals surface area contributed by atoms with Crippen LogP contribution in [0.3, 0.4) is 0 Å². The molecular weight excluding hydrogens is 162 g/mol. The molecule has 0 fully saturated rings. The fourth-order valence-electron chi connectivity index (χ4n) is 1.26. The molecule has 0 amide bonds. The lowest BCUT2D eigenvalue weighted by Crippen LogP contribution is -2.34. The molecule has 0 aliphatic carbocycles. The maximum absolute atomic E-state index is 4.12. The summed E-state index contributed by atoms with van der Waals surface area (Å²) in [5, 5.41) is 0. The molecule has 0 aromatic carbocycles. The van der Waals surface area contributed by atoms with Gasteiger partial charge >= 0.3 is 0 Å². The van der Waals surface area contributed by atoms with E-state index in [1.807, 2.05) is 6.92 Å². The second kappa shape index (κ2) is 7.96. The van der Waals surface area contributed by atoms with E-state index in [1.165, 1.54) is 0 Å². The van der Waals surface area contributed by atoms with Gasteiger partial charge in [-0.15, -0.1) is 0 Å². The molecule has 0 N–H and O–H groups in total. The minimum absolute atomic E-state index is 0.495. The molecule has 0 spiro atoms. The Kier molecular flexibility index (Phi) is 7.56. The van der Waals surface area contributed by atoms with Crippen molar-refractivity contribution in [3.05, 3.63) is 0 Å². The second-order valence-corrected chi connectivity index (χ2v) is 2.99. The summed E-state index contributed by atoms with van der Waals surface area (Å²) in [4.78, 5) is 10.4. The van der Waals surface area contributed by atoms with Gasteiger partial charge in [-0.3, -0.25) is 4.90 Å².